The Morgan fingerprint density at radius 2 is 1.76 bits per heavy atom. The molecule has 0 amide bonds. The summed E-state index contributed by atoms with van der Waals surface area (Å²) >= 11 is 0. The minimum atomic E-state index is -0.933. The molecule has 0 aliphatic carbocycles. The van der Waals surface area contributed by atoms with Crippen molar-refractivity contribution in [1.29, 1.82) is 0 Å². The van der Waals surface area contributed by atoms with Crippen molar-refractivity contribution >= 4 is 12.0 Å². The summed E-state index contributed by atoms with van der Waals surface area (Å²) in [7, 11) is 0. The molecular weight excluding hydrogens is 260 g/mol. The molecule has 2 heteroatoms. The molecule has 0 aliphatic heterocycles. The fraction of sp³-hybridized carbons (Fsp3) is 0.421. The van der Waals surface area contributed by atoms with Crippen molar-refractivity contribution < 1.29 is 9.90 Å². The highest BCUT2D eigenvalue weighted by Crippen LogP contribution is 2.07. The quantitative estimate of drug-likeness (QED) is 0.419. The van der Waals surface area contributed by atoms with E-state index in [4.69, 9.17) is 5.11 Å². The van der Waals surface area contributed by atoms with Crippen LogP contribution >= 0.6 is 0 Å². The number of hydrogen-bond donors (Lipinski definition) is 1. The first-order valence-electron chi connectivity index (χ1n) is 7.72. The molecule has 1 N–H and O–H groups in total. The largest absolute Gasteiger partial charge is 0.478 e. The number of unbranched alkanes of at least 4 members (excludes halogenated alkanes) is 6. The molecule has 0 bridgehead atoms. The molecular formula is C19H24O2. The summed E-state index contributed by atoms with van der Waals surface area (Å²) in [5.41, 5.74) is 1.85. The molecule has 0 aromatic heterocycles. The third kappa shape index (κ3) is 8.70. The molecule has 0 atom stereocenters. The standard InChI is InChI=1S/C19H24O2/c1-2-3-4-5-6-7-8-9-10-17-11-13-18(14-12-17)15-16-19(20)21/h11-16H,2-8H2,1H3,(H,20,21)/b16-15+. The lowest BCUT2D eigenvalue weighted by atomic mass is 10.1. The summed E-state index contributed by atoms with van der Waals surface area (Å²) in [4.78, 5) is 10.4. The van der Waals surface area contributed by atoms with Crippen LogP contribution in [0, 0.1) is 11.8 Å². The predicted octanol–water partition coefficient (Wildman–Crippen LogP) is 4.89. The SMILES string of the molecule is CCCCCCCCC#Cc1ccc(/C=C/C(=O)O)cc1. The van der Waals surface area contributed by atoms with E-state index in [2.05, 4.69) is 18.8 Å². The van der Waals surface area contributed by atoms with E-state index in [1.165, 1.54) is 38.5 Å². The van der Waals surface area contributed by atoms with Gasteiger partial charge in [-0.2, -0.15) is 0 Å². The molecule has 0 unspecified atom stereocenters. The van der Waals surface area contributed by atoms with Gasteiger partial charge in [0, 0.05) is 18.1 Å². The minimum absolute atomic E-state index is 0.874. The van der Waals surface area contributed by atoms with Crippen LogP contribution in [0.2, 0.25) is 0 Å². The van der Waals surface area contributed by atoms with E-state index >= 15 is 0 Å². The number of carboxylic acids is 1. The van der Waals surface area contributed by atoms with Gasteiger partial charge in [0.05, 0.1) is 0 Å². The number of aliphatic carboxylic acids is 1. The van der Waals surface area contributed by atoms with Crippen molar-refractivity contribution in [2.75, 3.05) is 0 Å². The highest BCUT2D eigenvalue weighted by Gasteiger charge is 1.91. The predicted molar refractivity (Wildman–Crippen MR) is 88.0 cm³/mol. The topological polar surface area (TPSA) is 37.3 Å². The number of carboxylic acid groups (broad SMARTS) is 1. The van der Waals surface area contributed by atoms with Crippen molar-refractivity contribution in [3.05, 3.63) is 41.5 Å². The smallest absolute Gasteiger partial charge is 0.328 e. The lowest BCUT2D eigenvalue weighted by Gasteiger charge is -1.96. The van der Waals surface area contributed by atoms with E-state index in [9.17, 15) is 4.79 Å². The third-order valence-electron chi connectivity index (χ3n) is 3.22. The van der Waals surface area contributed by atoms with Gasteiger partial charge in [0.15, 0.2) is 0 Å². The average molecular weight is 284 g/mol. The average Bonchev–Trinajstić information content (AvgIpc) is 2.49. The minimum Gasteiger partial charge on any atom is -0.478 e. The summed E-state index contributed by atoms with van der Waals surface area (Å²) in [6, 6.07) is 7.62. The van der Waals surface area contributed by atoms with Crippen LogP contribution in [0.3, 0.4) is 0 Å². The lowest BCUT2D eigenvalue weighted by Crippen LogP contribution is -1.85. The Bertz CT molecular complexity index is 501. The second-order valence-electron chi connectivity index (χ2n) is 5.11. The van der Waals surface area contributed by atoms with Gasteiger partial charge in [-0.3, -0.25) is 0 Å². The summed E-state index contributed by atoms with van der Waals surface area (Å²) in [5, 5.41) is 8.55. The number of rotatable bonds is 8. The number of hydrogen-bond acceptors (Lipinski definition) is 1. The molecule has 1 aromatic carbocycles. The zero-order valence-corrected chi connectivity index (χ0v) is 12.8. The molecule has 2 nitrogen and oxygen atoms in total. The maximum Gasteiger partial charge on any atom is 0.328 e. The molecule has 0 heterocycles. The first kappa shape index (κ1) is 17.0. The van der Waals surface area contributed by atoms with E-state index in [0.29, 0.717) is 0 Å². The van der Waals surface area contributed by atoms with Gasteiger partial charge in [-0.25, -0.2) is 4.79 Å². The molecule has 1 aromatic rings. The summed E-state index contributed by atoms with van der Waals surface area (Å²) in [5.74, 6) is 5.42. The normalized spacial score (nSPS) is 10.3. The summed E-state index contributed by atoms with van der Waals surface area (Å²) < 4.78 is 0. The highest BCUT2D eigenvalue weighted by molar-refractivity contribution is 5.85. The molecule has 0 saturated carbocycles. The molecule has 0 spiro atoms. The van der Waals surface area contributed by atoms with Crippen LogP contribution in [0.25, 0.3) is 6.08 Å². The number of carbonyl (C=O) groups is 1. The van der Waals surface area contributed by atoms with E-state index in [1.54, 1.807) is 6.08 Å². The first-order valence-corrected chi connectivity index (χ1v) is 7.72. The van der Waals surface area contributed by atoms with E-state index in [1.807, 2.05) is 24.3 Å². The van der Waals surface area contributed by atoms with Crippen LogP contribution in [0.1, 0.15) is 63.0 Å². The Morgan fingerprint density at radius 3 is 2.43 bits per heavy atom. The van der Waals surface area contributed by atoms with Gasteiger partial charge >= 0.3 is 5.97 Å². The van der Waals surface area contributed by atoms with Gasteiger partial charge in [-0.15, -0.1) is 0 Å². The van der Waals surface area contributed by atoms with Crippen LogP contribution < -0.4 is 0 Å². The van der Waals surface area contributed by atoms with Gasteiger partial charge in [0.25, 0.3) is 0 Å². The molecule has 21 heavy (non-hydrogen) atoms. The zero-order valence-electron chi connectivity index (χ0n) is 12.8. The molecule has 1 rings (SSSR count). The molecule has 0 saturated heterocycles. The maximum atomic E-state index is 10.4. The Labute approximate surface area is 127 Å². The van der Waals surface area contributed by atoms with E-state index in [-0.39, 0.29) is 0 Å². The van der Waals surface area contributed by atoms with Crippen LogP contribution in [-0.4, -0.2) is 11.1 Å². The summed E-state index contributed by atoms with van der Waals surface area (Å²) in [6.07, 6.45) is 11.4. The Kier molecular flexibility index (Phi) is 8.72. The van der Waals surface area contributed by atoms with Crippen molar-refractivity contribution in [2.45, 2.75) is 51.9 Å². The second kappa shape index (κ2) is 10.7. The van der Waals surface area contributed by atoms with Gasteiger partial charge in [-0.1, -0.05) is 63.0 Å². The van der Waals surface area contributed by atoms with Crippen LogP contribution in [0.15, 0.2) is 30.3 Å². The Hall–Kier alpha value is -2.01. The van der Waals surface area contributed by atoms with Crippen molar-refractivity contribution in [2.24, 2.45) is 0 Å². The van der Waals surface area contributed by atoms with Crippen LogP contribution in [-0.2, 0) is 4.79 Å². The van der Waals surface area contributed by atoms with Gasteiger partial charge < -0.3 is 5.11 Å². The molecule has 0 radical (unpaired) electrons. The number of benzene rings is 1. The third-order valence-corrected chi connectivity index (χ3v) is 3.22. The lowest BCUT2D eigenvalue weighted by molar-refractivity contribution is -0.131. The molecule has 112 valence electrons. The van der Waals surface area contributed by atoms with E-state index < -0.39 is 5.97 Å². The van der Waals surface area contributed by atoms with Gasteiger partial charge in [0.1, 0.15) is 0 Å². The van der Waals surface area contributed by atoms with Crippen molar-refractivity contribution in [3.8, 4) is 11.8 Å². The van der Waals surface area contributed by atoms with Crippen molar-refractivity contribution in [3.63, 3.8) is 0 Å². The Morgan fingerprint density at radius 1 is 1.10 bits per heavy atom. The molecule has 0 aliphatic rings. The maximum absolute atomic E-state index is 10.4. The first-order chi connectivity index (χ1) is 10.2. The van der Waals surface area contributed by atoms with Gasteiger partial charge in [0.2, 0.25) is 0 Å². The van der Waals surface area contributed by atoms with Crippen LogP contribution in [0.5, 0.6) is 0 Å². The van der Waals surface area contributed by atoms with Crippen molar-refractivity contribution in [1.82, 2.24) is 0 Å². The fourth-order valence-corrected chi connectivity index (χ4v) is 2.00. The fourth-order valence-electron chi connectivity index (χ4n) is 2.00. The highest BCUT2D eigenvalue weighted by atomic mass is 16.4. The van der Waals surface area contributed by atoms with Gasteiger partial charge in [-0.05, 0) is 30.2 Å². The zero-order chi connectivity index (χ0) is 15.3. The summed E-state index contributed by atoms with van der Waals surface area (Å²) in [6.45, 7) is 2.23. The second-order valence-corrected chi connectivity index (χ2v) is 5.11. The monoisotopic (exact) mass is 284 g/mol. The Balaban J connectivity index is 2.29. The van der Waals surface area contributed by atoms with Crippen LogP contribution in [0.4, 0.5) is 0 Å². The molecule has 0 fully saturated rings. The van der Waals surface area contributed by atoms with E-state index in [0.717, 1.165) is 23.6 Å².